The highest BCUT2D eigenvalue weighted by Crippen LogP contribution is 2.01. The maximum Gasteiger partial charge on any atom is 0.242 e. The molecule has 0 spiro atoms. The number of nitrogens with zero attached hydrogens (tertiary/aromatic N) is 2. The number of likely N-dealkylation sites (N-methyl/N-ethyl adjacent to an activating group) is 2. The molecule has 1 N–H and O–H groups in total. The van der Waals surface area contributed by atoms with Gasteiger partial charge in [-0.1, -0.05) is 0 Å². The van der Waals surface area contributed by atoms with Crippen molar-refractivity contribution in [2.75, 3.05) is 40.3 Å². The Kier molecular flexibility index (Phi) is 3.25. The Morgan fingerprint density at radius 1 is 1.31 bits per heavy atom. The summed E-state index contributed by atoms with van der Waals surface area (Å²) in [6.07, 6.45) is 0. The van der Waals surface area contributed by atoms with Crippen LogP contribution in [0.25, 0.3) is 0 Å². The van der Waals surface area contributed by atoms with Crippen molar-refractivity contribution in [1.82, 2.24) is 15.1 Å². The smallest absolute Gasteiger partial charge is 0.242 e. The molecule has 74 valence electrons. The zero-order valence-corrected chi connectivity index (χ0v) is 8.04. The van der Waals surface area contributed by atoms with Crippen LogP contribution >= 0.6 is 0 Å². The number of carbonyl (C=O) groups is 2. The Morgan fingerprint density at radius 2 is 2.00 bits per heavy atom. The van der Waals surface area contributed by atoms with E-state index in [1.54, 1.807) is 11.9 Å². The lowest BCUT2D eigenvalue weighted by atomic mass is 10.3. The molecule has 0 aliphatic carbocycles. The van der Waals surface area contributed by atoms with Crippen LogP contribution in [-0.4, -0.2) is 61.9 Å². The van der Waals surface area contributed by atoms with E-state index in [9.17, 15) is 9.59 Å². The van der Waals surface area contributed by atoms with Gasteiger partial charge in [0.05, 0.1) is 13.1 Å². The van der Waals surface area contributed by atoms with E-state index in [4.69, 9.17) is 0 Å². The molecular formula is C8H15N3O2. The van der Waals surface area contributed by atoms with E-state index < -0.39 is 0 Å². The molecule has 0 saturated carbocycles. The van der Waals surface area contributed by atoms with E-state index in [2.05, 4.69) is 5.32 Å². The van der Waals surface area contributed by atoms with Crippen molar-refractivity contribution in [3.63, 3.8) is 0 Å². The molecular weight excluding hydrogens is 170 g/mol. The first-order chi connectivity index (χ1) is 6.15. The van der Waals surface area contributed by atoms with Gasteiger partial charge in [-0.3, -0.25) is 9.59 Å². The average Bonchev–Trinajstić information content (AvgIpc) is 2.09. The van der Waals surface area contributed by atoms with Crippen molar-refractivity contribution in [2.24, 2.45) is 0 Å². The fraction of sp³-hybridized carbons (Fsp3) is 0.750. The van der Waals surface area contributed by atoms with Crippen LogP contribution in [-0.2, 0) is 9.59 Å². The van der Waals surface area contributed by atoms with Crippen LogP contribution in [0, 0.1) is 0 Å². The monoisotopic (exact) mass is 185 g/mol. The Balaban J connectivity index is 2.46. The van der Waals surface area contributed by atoms with Crippen LogP contribution < -0.4 is 5.32 Å². The molecule has 5 heteroatoms. The minimum Gasteiger partial charge on any atom is -0.335 e. The second-order valence-corrected chi connectivity index (χ2v) is 3.17. The van der Waals surface area contributed by atoms with Gasteiger partial charge in [0.15, 0.2) is 0 Å². The van der Waals surface area contributed by atoms with Crippen LogP contribution in [0.4, 0.5) is 0 Å². The highest BCUT2D eigenvalue weighted by molar-refractivity contribution is 5.92. The Labute approximate surface area is 77.7 Å². The molecule has 1 heterocycles. The van der Waals surface area contributed by atoms with Crippen molar-refractivity contribution < 1.29 is 9.59 Å². The molecule has 1 fully saturated rings. The van der Waals surface area contributed by atoms with E-state index in [0.717, 1.165) is 6.54 Å². The normalized spacial score (nSPS) is 18.3. The van der Waals surface area contributed by atoms with Crippen LogP contribution in [0.15, 0.2) is 0 Å². The molecule has 1 aliphatic heterocycles. The molecule has 13 heavy (non-hydrogen) atoms. The molecule has 0 aromatic rings. The van der Waals surface area contributed by atoms with Gasteiger partial charge >= 0.3 is 0 Å². The zero-order valence-electron chi connectivity index (χ0n) is 8.04. The summed E-state index contributed by atoms with van der Waals surface area (Å²) in [5, 5.41) is 2.94. The van der Waals surface area contributed by atoms with Crippen molar-refractivity contribution in [3.8, 4) is 0 Å². The number of amides is 2. The summed E-state index contributed by atoms with van der Waals surface area (Å²) in [5.41, 5.74) is 0. The molecule has 0 aromatic heterocycles. The lowest BCUT2D eigenvalue weighted by molar-refractivity contribution is -0.148. The molecule has 0 aromatic carbocycles. The minimum absolute atomic E-state index is 0.00991. The minimum atomic E-state index is 0.00991. The van der Waals surface area contributed by atoms with Crippen LogP contribution in [0.1, 0.15) is 0 Å². The summed E-state index contributed by atoms with van der Waals surface area (Å²) in [6, 6.07) is 0. The molecule has 1 aliphatic rings. The summed E-state index contributed by atoms with van der Waals surface area (Å²) >= 11 is 0. The van der Waals surface area contributed by atoms with Crippen molar-refractivity contribution in [3.05, 3.63) is 0 Å². The van der Waals surface area contributed by atoms with E-state index in [1.165, 1.54) is 4.90 Å². The van der Waals surface area contributed by atoms with E-state index >= 15 is 0 Å². The number of carbonyl (C=O) groups excluding carboxylic acids is 2. The first kappa shape index (κ1) is 9.98. The van der Waals surface area contributed by atoms with E-state index in [-0.39, 0.29) is 24.9 Å². The number of nitrogens with one attached hydrogen (secondary N) is 1. The molecule has 2 amide bonds. The van der Waals surface area contributed by atoms with Crippen molar-refractivity contribution in [2.45, 2.75) is 0 Å². The van der Waals surface area contributed by atoms with E-state index in [1.807, 2.05) is 7.05 Å². The topological polar surface area (TPSA) is 52.7 Å². The zero-order chi connectivity index (χ0) is 9.84. The third-order valence-electron chi connectivity index (χ3n) is 2.11. The number of piperazine rings is 1. The maximum atomic E-state index is 11.4. The average molecular weight is 185 g/mol. The predicted molar refractivity (Wildman–Crippen MR) is 48.1 cm³/mol. The molecule has 1 saturated heterocycles. The lowest BCUT2D eigenvalue weighted by Crippen LogP contribution is -2.53. The number of hydrogen-bond acceptors (Lipinski definition) is 3. The highest BCUT2D eigenvalue weighted by atomic mass is 16.2. The first-order valence-corrected chi connectivity index (χ1v) is 4.31. The second-order valence-electron chi connectivity index (χ2n) is 3.17. The number of rotatable bonds is 3. The summed E-state index contributed by atoms with van der Waals surface area (Å²) in [4.78, 5) is 25.6. The summed E-state index contributed by atoms with van der Waals surface area (Å²) in [7, 11) is 3.47. The van der Waals surface area contributed by atoms with Gasteiger partial charge in [0, 0.05) is 20.1 Å². The SMILES string of the molecule is CNCCN1CC(=O)N(C)CC1=O. The molecule has 1 rings (SSSR count). The third-order valence-corrected chi connectivity index (χ3v) is 2.11. The standard InChI is InChI=1S/C8H15N3O2/c1-9-3-4-11-6-7(12)10(2)5-8(11)13/h9H,3-6H2,1-2H3. The number of hydrogen-bond donors (Lipinski definition) is 1. The molecule has 0 bridgehead atoms. The van der Waals surface area contributed by atoms with Crippen LogP contribution in [0.2, 0.25) is 0 Å². The largest absolute Gasteiger partial charge is 0.335 e. The third kappa shape index (κ3) is 2.42. The van der Waals surface area contributed by atoms with Gasteiger partial charge in [-0.05, 0) is 7.05 Å². The summed E-state index contributed by atoms with van der Waals surface area (Å²) in [6.45, 7) is 1.76. The summed E-state index contributed by atoms with van der Waals surface area (Å²) in [5.74, 6) is 0.0352. The fourth-order valence-corrected chi connectivity index (χ4v) is 1.21. The van der Waals surface area contributed by atoms with Crippen LogP contribution in [0.3, 0.4) is 0 Å². The molecule has 0 atom stereocenters. The van der Waals surface area contributed by atoms with Crippen LogP contribution in [0.5, 0.6) is 0 Å². The quantitative estimate of drug-likeness (QED) is 0.582. The van der Waals surface area contributed by atoms with Gasteiger partial charge in [0.25, 0.3) is 0 Å². The van der Waals surface area contributed by atoms with Gasteiger partial charge in [0.2, 0.25) is 11.8 Å². The Bertz CT molecular complexity index is 217. The lowest BCUT2D eigenvalue weighted by Gasteiger charge is -2.31. The van der Waals surface area contributed by atoms with Gasteiger partial charge in [-0.2, -0.15) is 0 Å². The van der Waals surface area contributed by atoms with Gasteiger partial charge in [-0.15, -0.1) is 0 Å². The maximum absolute atomic E-state index is 11.4. The second kappa shape index (κ2) is 4.23. The van der Waals surface area contributed by atoms with E-state index in [0.29, 0.717) is 6.54 Å². The predicted octanol–water partition coefficient (Wildman–Crippen LogP) is -1.49. The first-order valence-electron chi connectivity index (χ1n) is 4.31. The fourth-order valence-electron chi connectivity index (χ4n) is 1.21. The molecule has 0 radical (unpaired) electrons. The van der Waals surface area contributed by atoms with Crippen molar-refractivity contribution >= 4 is 11.8 Å². The molecule has 5 nitrogen and oxygen atoms in total. The van der Waals surface area contributed by atoms with Gasteiger partial charge in [-0.25, -0.2) is 0 Å². The van der Waals surface area contributed by atoms with Crippen molar-refractivity contribution in [1.29, 1.82) is 0 Å². The highest BCUT2D eigenvalue weighted by Gasteiger charge is 2.26. The Hall–Kier alpha value is -1.10. The Morgan fingerprint density at radius 3 is 2.62 bits per heavy atom. The van der Waals surface area contributed by atoms with Gasteiger partial charge in [0.1, 0.15) is 0 Å². The summed E-state index contributed by atoms with van der Waals surface area (Å²) < 4.78 is 0. The molecule has 0 unspecified atom stereocenters. The van der Waals surface area contributed by atoms with Gasteiger partial charge < -0.3 is 15.1 Å².